The Kier molecular flexibility index (Phi) is 6.39. The summed E-state index contributed by atoms with van der Waals surface area (Å²) >= 11 is 1.35. The first-order valence-corrected chi connectivity index (χ1v) is 12.0. The second kappa shape index (κ2) is 9.91. The Bertz CT molecular complexity index is 1150. The van der Waals surface area contributed by atoms with Gasteiger partial charge in [0, 0.05) is 11.1 Å². The Morgan fingerprint density at radius 3 is 2.45 bits per heavy atom. The molecule has 1 amide bonds. The predicted molar refractivity (Wildman–Crippen MR) is 127 cm³/mol. The standard InChI is InChI=1S/C24H24N6O2S/c31-20(25-21-16-30(28-32-21)29-14-8-3-9-15-29)17-33-24-26-22(18-10-4-1-5-11-18)23(27-24)19-12-6-2-7-13-19/h1-2,4-7,10-13,16H,3,8-9,14-15,17H2,(H-,25,26,27,28,31)/p+1. The molecule has 0 atom stereocenters. The smallest absolute Gasteiger partial charge is 0.305 e. The second-order valence-corrected chi connectivity index (χ2v) is 8.80. The van der Waals surface area contributed by atoms with Crippen LogP contribution in [-0.2, 0) is 4.79 Å². The molecule has 0 bridgehead atoms. The lowest BCUT2D eigenvalue weighted by molar-refractivity contribution is -0.759. The van der Waals surface area contributed by atoms with E-state index in [4.69, 9.17) is 9.51 Å². The summed E-state index contributed by atoms with van der Waals surface area (Å²) in [5.74, 6) is 0.349. The zero-order chi connectivity index (χ0) is 22.5. The summed E-state index contributed by atoms with van der Waals surface area (Å²) in [5.41, 5.74) is 3.86. The lowest BCUT2D eigenvalue weighted by Crippen LogP contribution is -2.60. The number of piperidine rings is 1. The fourth-order valence-corrected chi connectivity index (χ4v) is 4.52. The number of carbonyl (C=O) groups excluding carboxylic acids is 1. The Morgan fingerprint density at radius 2 is 1.73 bits per heavy atom. The summed E-state index contributed by atoms with van der Waals surface area (Å²) < 4.78 is 5.29. The van der Waals surface area contributed by atoms with E-state index in [0.717, 1.165) is 48.4 Å². The molecule has 168 valence electrons. The zero-order valence-electron chi connectivity index (χ0n) is 18.1. The summed E-state index contributed by atoms with van der Waals surface area (Å²) in [6, 6.07) is 20.1. The molecule has 0 radical (unpaired) electrons. The van der Waals surface area contributed by atoms with Gasteiger partial charge in [0.05, 0.1) is 35.0 Å². The van der Waals surface area contributed by atoms with E-state index in [2.05, 4.69) is 20.6 Å². The van der Waals surface area contributed by atoms with Gasteiger partial charge in [-0.2, -0.15) is 5.01 Å². The molecule has 1 aliphatic heterocycles. The number of nitrogens with zero attached hydrogens (tertiary/aromatic N) is 4. The van der Waals surface area contributed by atoms with Gasteiger partial charge in [0.2, 0.25) is 11.2 Å². The lowest BCUT2D eigenvalue weighted by atomic mass is 10.1. The number of H-pyrrole nitrogens is 1. The number of rotatable bonds is 7. The lowest BCUT2D eigenvalue weighted by Gasteiger charge is -2.17. The average molecular weight is 462 g/mol. The first-order chi connectivity index (χ1) is 16.3. The van der Waals surface area contributed by atoms with Gasteiger partial charge >= 0.3 is 5.88 Å². The Hall–Kier alpha value is -3.59. The molecule has 1 fully saturated rings. The number of hydrogen-bond acceptors (Lipinski definition) is 6. The number of benzene rings is 2. The average Bonchev–Trinajstić information content (AvgIpc) is 3.52. The highest BCUT2D eigenvalue weighted by molar-refractivity contribution is 7.99. The van der Waals surface area contributed by atoms with Crippen LogP contribution in [0.15, 0.2) is 76.5 Å². The van der Waals surface area contributed by atoms with Crippen molar-refractivity contribution in [2.75, 3.05) is 29.2 Å². The van der Waals surface area contributed by atoms with Crippen molar-refractivity contribution < 1.29 is 14.1 Å². The third kappa shape index (κ3) is 5.09. The van der Waals surface area contributed by atoms with Crippen molar-refractivity contribution in [2.45, 2.75) is 24.4 Å². The minimum Gasteiger partial charge on any atom is -0.332 e. The van der Waals surface area contributed by atoms with Gasteiger partial charge < -0.3 is 4.98 Å². The van der Waals surface area contributed by atoms with Crippen LogP contribution in [0.5, 0.6) is 0 Å². The number of carbonyl (C=O) groups is 1. The van der Waals surface area contributed by atoms with Crippen molar-refractivity contribution in [3.8, 4) is 22.5 Å². The molecule has 5 rings (SSSR count). The van der Waals surface area contributed by atoms with Crippen LogP contribution in [0, 0.1) is 0 Å². The molecule has 4 aromatic rings. The van der Waals surface area contributed by atoms with Crippen LogP contribution in [0.1, 0.15) is 19.3 Å². The maximum absolute atomic E-state index is 12.5. The van der Waals surface area contributed by atoms with Crippen molar-refractivity contribution in [2.24, 2.45) is 0 Å². The third-order valence-electron chi connectivity index (χ3n) is 5.47. The van der Waals surface area contributed by atoms with Crippen LogP contribution < -0.4 is 15.1 Å². The second-order valence-electron chi connectivity index (χ2n) is 7.84. The third-order valence-corrected chi connectivity index (χ3v) is 6.35. The van der Waals surface area contributed by atoms with Crippen molar-refractivity contribution in [3.05, 3.63) is 66.9 Å². The van der Waals surface area contributed by atoms with Gasteiger partial charge in [-0.3, -0.25) is 14.6 Å². The van der Waals surface area contributed by atoms with Crippen LogP contribution in [0.25, 0.3) is 22.5 Å². The SMILES string of the molecule is O=C(CSc1nc(-c2ccccc2)c(-c2ccccc2)[nH]1)Nc1c[n+](N2CCCCC2)no1. The van der Waals surface area contributed by atoms with E-state index in [9.17, 15) is 4.79 Å². The summed E-state index contributed by atoms with van der Waals surface area (Å²) in [5, 5.41) is 9.59. The number of nitrogens with one attached hydrogen (secondary N) is 2. The van der Waals surface area contributed by atoms with E-state index in [1.54, 1.807) is 11.0 Å². The molecular formula is C24H25N6O2S+. The summed E-state index contributed by atoms with van der Waals surface area (Å²) in [7, 11) is 0. The number of aromatic nitrogens is 4. The highest BCUT2D eigenvalue weighted by Gasteiger charge is 2.23. The topological polar surface area (TPSA) is 90.9 Å². The fraction of sp³-hybridized carbons (Fsp3) is 0.250. The van der Waals surface area contributed by atoms with Gasteiger partial charge in [-0.15, -0.1) is 0 Å². The molecule has 33 heavy (non-hydrogen) atoms. The minimum atomic E-state index is -0.180. The van der Waals surface area contributed by atoms with Gasteiger partial charge in [0.15, 0.2) is 5.16 Å². The summed E-state index contributed by atoms with van der Waals surface area (Å²) in [4.78, 5) is 22.4. The van der Waals surface area contributed by atoms with Crippen molar-refractivity contribution >= 4 is 23.6 Å². The van der Waals surface area contributed by atoms with E-state index in [1.807, 2.05) is 60.7 Å². The maximum atomic E-state index is 12.5. The maximum Gasteiger partial charge on any atom is 0.305 e. The van der Waals surface area contributed by atoms with Crippen LogP contribution in [0.3, 0.4) is 0 Å². The molecule has 1 aliphatic rings. The number of anilines is 1. The first kappa shape index (κ1) is 21.3. The van der Waals surface area contributed by atoms with E-state index < -0.39 is 0 Å². The molecule has 0 saturated carbocycles. The number of imidazole rings is 1. The zero-order valence-corrected chi connectivity index (χ0v) is 18.9. The van der Waals surface area contributed by atoms with Crippen molar-refractivity contribution in [1.29, 1.82) is 0 Å². The van der Waals surface area contributed by atoms with Crippen molar-refractivity contribution in [3.63, 3.8) is 0 Å². The molecule has 9 heteroatoms. The Balaban J connectivity index is 1.26. The minimum absolute atomic E-state index is 0.180. The molecule has 3 heterocycles. The summed E-state index contributed by atoms with van der Waals surface area (Å²) in [6.45, 7) is 1.87. The molecule has 2 aromatic heterocycles. The highest BCUT2D eigenvalue weighted by Crippen LogP contribution is 2.32. The normalized spacial score (nSPS) is 13.8. The van der Waals surface area contributed by atoms with Gasteiger partial charge in [0.1, 0.15) is 0 Å². The van der Waals surface area contributed by atoms with Crippen LogP contribution >= 0.6 is 11.8 Å². The first-order valence-electron chi connectivity index (χ1n) is 11.0. The molecule has 8 nitrogen and oxygen atoms in total. The Labute approximate surface area is 196 Å². The number of thioether (sulfide) groups is 1. The number of amides is 1. The van der Waals surface area contributed by atoms with Gasteiger partial charge in [-0.05, 0) is 19.3 Å². The molecule has 1 saturated heterocycles. The van der Waals surface area contributed by atoms with E-state index in [1.165, 1.54) is 18.2 Å². The summed E-state index contributed by atoms with van der Waals surface area (Å²) in [6.07, 6.45) is 5.22. The van der Waals surface area contributed by atoms with E-state index in [0.29, 0.717) is 11.0 Å². The predicted octanol–water partition coefficient (Wildman–Crippen LogP) is 3.87. The molecule has 2 aromatic carbocycles. The Morgan fingerprint density at radius 1 is 1.03 bits per heavy atom. The quantitative estimate of drug-likeness (QED) is 0.321. The molecule has 0 spiro atoms. The fourth-order valence-electron chi connectivity index (χ4n) is 3.85. The van der Waals surface area contributed by atoms with Gasteiger partial charge in [0.25, 0.3) is 6.20 Å². The van der Waals surface area contributed by atoms with Crippen molar-refractivity contribution in [1.82, 2.24) is 15.2 Å². The van der Waals surface area contributed by atoms with Crippen LogP contribution in [0.4, 0.5) is 5.88 Å². The molecule has 0 unspecified atom stereocenters. The van der Waals surface area contributed by atoms with Crippen LogP contribution in [-0.4, -0.2) is 40.0 Å². The molecule has 2 N–H and O–H groups in total. The monoisotopic (exact) mass is 461 g/mol. The van der Waals surface area contributed by atoms with Crippen LogP contribution in [0.2, 0.25) is 0 Å². The largest absolute Gasteiger partial charge is 0.332 e. The van der Waals surface area contributed by atoms with Gasteiger partial charge in [-0.25, -0.2) is 4.98 Å². The number of hydrogen-bond donors (Lipinski definition) is 2. The van der Waals surface area contributed by atoms with Gasteiger partial charge in [-0.1, -0.05) is 72.4 Å². The van der Waals surface area contributed by atoms with E-state index in [-0.39, 0.29) is 11.7 Å². The van der Waals surface area contributed by atoms with E-state index >= 15 is 0 Å². The highest BCUT2D eigenvalue weighted by atomic mass is 32.2. The molecule has 0 aliphatic carbocycles. The number of aromatic amines is 1. The molecular weight excluding hydrogens is 436 g/mol.